The summed E-state index contributed by atoms with van der Waals surface area (Å²) in [5.74, 6) is -1.80. The van der Waals surface area contributed by atoms with Crippen molar-refractivity contribution in [1.82, 2.24) is 4.90 Å². The van der Waals surface area contributed by atoms with Crippen LogP contribution in [0.1, 0.15) is 45.4 Å². The highest BCUT2D eigenvalue weighted by atomic mass is 35.5. The quantitative estimate of drug-likeness (QED) is 0.194. The molecule has 3 fully saturated rings. The van der Waals surface area contributed by atoms with Gasteiger partial charge in [-0.2, -0.15) is 0 Å². The molecule has 1 aromatic carbocycles. The molecule has 0 aliphatic carbocycles. The predicted molar refractivity (Wildman–Crippen MR) is 156 cm³/mol. The molecule has 0 radical (unpaired) electrons. The van der Waals surface area contributed by atoms with E-state index in [2.05, 4.69) is 20.1 Å². The van der Waals surface area contributed by atoms with Crippen molar-refractivity contribution in [2.24, 2.45) is 17.8 Å². The number of carbonyl (C=O) groups is 3. The maximum atomic E-state index is 14.5. The number of fused-ring (bicyclic) bond motifs is 1. The Hall–Kier alpha value is -2.29. The van der Waals surface area contributed by atoms with E-state index in [-0.39, 0.29) is 42.1 Å². The molecule has 3 aliphatic heterocycles. The standard InChI is InChI=1S/C30H39ClN2O5S/c1-4-6-7-10-18-38-29(37)24-23-19-20(3)30(39-23)25(24)27(35)33(16-8-9-17-34)26(30)28(36)32(15-5-2)22-13-11-21(31)12-14-22/h4-5,11-14,20,23-26,34H,1-2,6-10,15-19H2,3H3/t20?,23-,24+,25+,26?,30?/m1/s1. The third-order valence-electron chi connectivity index (χ3n) is 8.32. The van der Waals surface area contributed by atoms with Gasteiger partial charge in [0.2, 0.25) is 5.91 Å². The summed E-state index contributed by atoms with van der Waals surface area (Å²) in [5, 5.41) is 9.90. The smallest absolute Gasteiger partial charge is 0.310 e. The zero-order valence-corrected chi connectivity index (χ0v) is 24.2. The molecular weight excluding hydrogens is 536 g/mol. The van der Waals surface area contributed by atoms with Crippen LogP contribution in [0.2, 0.25) is 5.02 Å². The van der Waals surface area contributed by atoms with E-state index in [1.54, 1.807) is 51.9 Å². The number of esters is 1. The lowest BCUT2D eigenvalue weighted by atomic mass is 9.66. The van der Waals surface area contributed by atoms with Crippen molar-refractivity contribution in [2.45, 2.75) is 61.5 Å². The number of hydrogen-bond acceptors (Lipinski definition) is 6. The van der Waals surface area contributed by atoms with Gasteiger partial charge >= 0.3 is 5.97 Å². The molecule has 3 saturated heterocycles. The normalized spacial score (nSPS) is 28.8. The SMILES string of the molecule is C=CCCCCOC(=O)[C@@H]1[C@H]2C(=O)N(CCCCO)C(C(=O)N(CC=C)c3ccc(Cl)cc3)C23S[C@@H]1CC3C. The fourth-order valence-corrected chi connectivity index (χ4v) is 9.11. The monoisotopic (exact) mass is 574 g/mol. The molecule has 3 unspecified atom stereocenters. The van der Waals surface area contributed by atoms with E-state index in [1.165, 1.54) is 0 Å². The lowest BCUT2D eigenvalue weighted by Crippen LogP contribution is -2.57. The molecular formula is C30H39ClN2O5S. The largest absolute Gasteiger partial charge is 0.465 e. The van der Waals surface area contributed by atoms with Crippen LogP contribution in [0.4, 0.5) is 5.69 Å². The number of aliphatic hydroxyl groups is 1. The minimum absolute atomic E-state index is 0.0105. The van der Waals surface area contributed by atoms with Crippen molar-refractivity contribution in [2.75, 3.05) is 31.2 Å². The first kappa shape index (κ1) is 29.7. The summed E-state index contributed by atoms with van der Waals surface area (Å²) in [7, 11) is 0. The Morgan fingerprint density at radius 1 is 1.21 bits per heavy atom. The Balaban J connectivity index is 1.68. The number of halogens is 1. The van der Waals surface area contributed by atoms with Crippen LogP contribution in [0.15, 0.2) is 49.6 Å². The third kappa shape index (κ3) is 5.52. The van der Waals surface area contributed by atoms with E-state index in [1.807, 2.05) is 6.08 Å². The summed E-state index contributed by atoms with van der Waals surface area (Å²) in [6.07, 6.45) is 7.86. The van der Waals surface area contributed by atoms with Crippen molar-refractivity contribution in [3.63, 3.8) is 0 Å². The van der Waals surface area contributed by atoms with Crippen LogP contribution in [-0.2, 0) is 19.1 Å². The second-order valence-corrected chi connectivity index (χ2v) is 12.7. The molecule has 4 rings (SSSR count). The van der Waals surface area contributed by atoms with Crippen LogP contribution in [0.5, 0.6) is 0 Å². The van der Waals surface area contributed by atoms with Crippen molar-refractivity contribution >= 4 is 46.8 Å². The van der Waals surface area contributed by atoms with E-state index in [9.17, 15) is 19.5 Å². The van der Waals surface area contributed by atoms with Crippen LogP contribution in [0.25, 0.3) is 0 Å². The molecule has 9 heteroatoms. The summed E-state index contributed by atoms with van der Waals surface area (Å²) in [6.45, 7) is 10.6. The molecule has 0 aromatic heterocycles. The molecule has 7 nitrogen and oxygen atoms in total. The second-order valence-electron chi connectivity index (χ2n) is 10.7. The fourth-order valence-electron chi connectivity index (χ4n) is 6.58. The number of allylic oxidation sites excluding steroid dienone is 1. The van der Waals surface area contributed by atoms with Crippen molar-refractivity contribution in [1.29, 1.82) is 0 Å². The van der Waals surface area contributed by atoms with Gasteiger partial charge in [-0.1, -0.05) is 30.7 Å². The number of unbranched alkanes of at least 4 members (excludes halogenated alkanes) is 3. The number of anilines is 1. The lowest BCUT2D eigenvalue weighted by Gasteiger charge is -2.40. The van der Waals surface area contributed by atoms with Gasteiger partial charge in [-0.05, 0) is 68.7 Å². The Morgan fingerprint density at radius 2 is 1.95 bits per heavy atom. The minimum Gasteiger partial charge on any atom is -0.465 e. The summed E-state index contributed by atoms with van der Waals surface area (Å²) in [4.78, 5) is 45.4. The fraction of sp³-hybridized carbons (Fsp3) is 0.567. The number of ether oxygens (including phenoxy) is 1. The van der Waals surface area contributed by atoms with Crippen molar-refractivity contribution < 1.29 is 24.2 Å². The summed E-state index contributed by atoms with van der Waals surface area (Å²) in [6, 6.07) is 6.32. The van der Waals surface area contributed by atoms with Gasteiger partial charge in [0.1, 0.15) is 6.04 Å². The van der Waals surface area contributed by atoms with Gasteiger partial charge in [-0.3, -0.25) is 14.4 Å². The molecule has 1 aromatic rings. The molecule has 0 saturated carbocycles. The van der Waals surface area contributed by atoms with Gasteiger partial charge < -0.3 is 19.6 Å². The van der Waals surface area contributed by atoms with Crippen LogP contribution in [0, 0.1) is 17.8 Å². The van der Waals surface area contributed by atoms with Crippen LogP contribution >= 0.6 is 23.4 Å². The van der Waals surface area contributed by atoms with Gasteiger partial charge in [0, 0.05) is 35.7 Å². The lowest BCUT2D eigenvalue weighted by molar-refractivity contribution is -0.154. The summed E-state index contributed by atoms with van der Waals surface area (Å²) >= 11 is 7.75. The number of hydrogen-bond donors (Lipinski definition) is 1. The number of thioether (sulfide) groups is 1. The number of likely N-dealkylation sites (tertiary alicyclic amines) is 1. The number of carbonyl (C=O) groups excluding carboxylic acids is 3. The molecule has 2 bridgehead atoms. The molecule has 1 spiro atoms. The zero-order chi connectivity index (χ0) is 28.2. The van der Waals surface area contributed by atoms with Crippen molar-refractivity contribution in [3.05, 3.63) is 54.6 Å². The first-order chi connectivity index (χ1) is 18.8. The van der Waals surface area contributed by atoms with Gasteiger partial charge in [-0.15, -0.1) is 24.9 Å². The Labute approximate surface area is 240 Å². The van der Waals surface area contributed by atoms with E-state index >= 15 is 0 Å². The molecule has 2 amide bonds. The Kier molecular flexibility index (Phi) is 9.83. The number of aliphatic hydroxyl groups excluding tert-OH is 1. The van der Waals surface area contributed by atoms with Gasteiger partial charge in [-0.25, -0.2) is 0 Å². The Morgan fingerprint density at radius 3 is 2.62 bits per heavy atom. The van der Waals surface area contributed by atoms with E-state index in [0.717, 1.165) is 25.7 Å². The van der Waals surface area contributed by atoms with Gasteiger partial charge in [0.15, 0.2) is 0 Å². The van der Waals surface area contributed by atoms with Crippen LogP contribution in [0.3, 0.4) is 0 Å². The third-order valence-corrected chi connectivity index (χ3v) is 10.6. The molecule has 3 heterocycles. The molecule has 6 atom stereocenters. The highest BCUT2D eigenvalue weighted by molar-refractivity contribution is 8.02. The molecule has 3 aliphatic rings. The predicted octanol–water partition coefficient (Wildman–Crippen LogP) is 4.87. The number of benzene rings is 1. The molecule has 212 valence electrons. The zero-order valence-electron chi connectivity index (χ0n) is 22.6. The maximum Gasteiger partial charge on any atom is 0.310 e. The number of rotatable bonds is 14. The minimum atomic E-state index is -0.736. The second kappa shape index (κ2) is 12.9. The first-order valence-electron chi connectivity index (χ1n) is 13.9. The van der Waals surface area contributed by atoms with Gasteiger partial charge in [0.05, 0.1) is 23.2 Å². The summed E-state index contributed by atoms with van der Waals surface area (Å²) in [5.41, 5.74) is 0.674. The highest BCUT2D eigenvalue weighted by Gasteiger charge is 2.76. The Bertz CT molecular complexity index is 1080. The van der Waals surface area contributed by atoms with E-state index < -0.39 is 22.6 Å². The van der Waals surface area contributed by atoms with Crippen LogP contribution in [-0.4, -0.2) is 70.1 Å². The van der Waals surface area contributed by atoms with Gasteiger partial charge in [0.25, 0.3) is 5.91 Å². The molecule has 39 heavy (non-hydrogen) atoms. The van der Waals surface area contributed by atoms with E-state index in [0.29, 0.717) is 36.7 Å². The van der Waals surface area contributed by atoms with Crippen molar-refractivity contribution in [3.8, 4) is 0 Å². The highest BCUT2D eigenvalue weighted by Crippen LogP contribution is 2.68. The average Bonchev–Trinajstić information content (AvgIpc) is 3.51. The molecule has 1 N–H and O–H groups in total. The average molecular weight is 575 g/mol. The topological polar surface area (TPSA) is 87.1 Å². The van der Waals surface area contributed by atoms with E-state index in [4.69, 9.17) is 16.3 Å². The maximum absolute atomic E-state index is 14.5. The van der Waals surface area contributed by atoms with Crippen LogP contribution < -0.4 is 4.90 Å². The number of nitrogens with zero attached hydrogens (tertiary/aromatic N) is 2. The first-order valence-corrected chi connectivity index (χ1v) is 15.1. The summed E-state index contributed by atoms with van der Waals surface area (Å²) < 4.78 is 4.97. The number of amides is 2.